The van der Waals surface area contributed by atoms with Crippen molar-refractivity contribution in [1.82, 2.24) is 25.1 Å². The maximum Gasteiger partial charge on any atom is 0.294 e. The van der Waals surface area contributed by atoms with Crippen molar-refractivity contribution in [2.75, 3.05) is 13.2 Å². The number of nitrogens with one attached hydrogen (secondary N) is 1. The summed E-state index contributed by atoms with van der Waals surface area (Å²) in [5.74, 6) is -0.0832. The van der Waals surface area contributed by atoms with E-state index in [2.05, 4.69) is 20.4 Å². The van der Waals surface area contributed by atoms with Crippen LogP contribution in [0.3, 0.4) is 0 Å². The molecule has 1 aliphatic heterocycles. The van der Waals surface area contributed by atoms with E-state index in [1.54, 1.807) is 17.1 Å². The number of carbonyl (C=O) groups excluding carboxylic acids is 2. The van der Waals surface area contributed by atoms with E-state index in [1.807, 2.05) is 60.8 Å². The van der Waals surface area contributed by atoms with Crippen LogP contribution in [0, 0.1) is 0 Å². The minimum absolute atomic E-state index is 0.00131. The molecule has 1 fully saturated rings. The summed E-state index contributed by atoms with van der Waals surface area (Å²) in [6, 6.07) is 17.0. The van der Waals surface area contributed by atoms with E-state index in [-0.39, 0.29) is 18.7 Å². The summed E-state index contributed by atoms with van der Waals surface area (Å²) in [7, 11) is 0. The highest BCUT2D eigenvalue weighted by atomic mass is 16.5. The molecular weight excluding hydrogens is 458 g/mol. The van der Waals surface area contributed by atoms with Gasteiger partial charge in [0.1, 0.15) is 5.69 Å². The fraction of sp³-hybridized carbons (Fsp3) is 0.222. The van der Waals surface area contributed by atoms with Crippen LogP contribution in [0.1, 0.15) is 23.2 Å². The van der Waals surface area contributed by atoms with E-state index >= 15 is 0 Å². The Morgan fingerprint density at radius 2 is 1.83 bits per heavy atom. The number of carbonyl (C=O) groups is 2. The third-order valence-electron chi connectivity index (χ3n) is 6.01. The van der Waals surface area contributed by atoms with Crippen LogP contribution >= 0.6 is 0 Å². The van der Waals surface area contributed by atoms with Crippen molar-refractivity contribution in [3.63, 3.8) is 0 Å². The molecular formula is C27H25N5O4. The molecule has 0 atom stereocenters. The summed E-state index contributed by atoms with van der Waals surface area (Å²) in [6.45, 7) is 1.74. The molecule has 1 aliphatic rings. The summed E-state index contributed by atoms with van der Waals surface area (Å²) in [5, 5.41) is 7.66. The minimum atomic E-state index is -0.0832. The molecule has 1 N–H and O–H groups in total. The lowest BCUT2D eigenvalue weighted by atomic mass is 10.0. The Bertz CT molecular complexity index is 1330. The first-order valence-corrected chi connectivity index (χ1v) is 11.7. The zero-order chi connectivity index (χ0) is 24.7. The molecule has 4 aromatic rings. The van der Waals surface area contributed by atoms with Crippen molar-refractivity contribution >= 4 is 12.4 Å². The van der Waals surface area contributed by atoms with E-state index in [0.717, 1.165) is 35.2 Å². The quantitative estimate of drug-likeness (QED) is 0.381. The van der Waals surface area contributed by atoms with Gasteiger partial charge in [0.05, 0.1) is 11.4 Å². The Kier molecular flexibility index (Phi) is 7.09. The summed E-state index contributed by atoms with van der Waals surface area (Å²) < 4.78 is 11.8. The van der Waals surface area contributed by atoms with Gasteiger partial charge in [-0.1, -0.05) is 18.2 Å². The number of hydrogen-bond acceptors (Lipinski definition) is 7. The minimum Gasteiger partial charge on any atom is -0.445 e. The lowest BCUT2D eigenvalue weighted by Crippen LogP contribution is -2.38. The van der Waals surface area contributed by atoms with Gasteiger partial charge in [0.25, 0.3) is 12.4 Å². The van der Waals surface area contributed by atoms with Gasteiger partial charge in [-0.2, -0.15) is 5.10 Å². The molecule has 4 heterocycles. The van der Waals surface area contributed by atoms with Crippen LogP contribution in [0.25, 0.3) is 33.8 Å². The second-order valence-electron chi connectivity index (χ2n) is 8.41. The average Bonchev–Trinajstić information content (AvgIpc) is 3.37. The largest absolute Gasteiger partial charge is 0.445 e. The normalized spacial score (nSPS) is 13.8. The van der Waals surface area contributed by atoms with E-state index in [4.69, 9.17) is 9.47 Å². The maximum absolute atomic E-state index is 12.6. The second kappa shape index (κ2) is 10.9. The molecule has 9 heteroatoms. The van der Waals surface area contributed by atoms with Gasteiger partial charge in [0.2, 0.25) is 0 Å². The van der Waals surface area contributed by atoms with Crippen LogP contribution in [0.2, 0.25) is 0 Å². The van der Waals surface area contributed by atoms with Crippen molar-refractivity contribution in [3.8, 4) is 33.8 Å². The zero-order valence-corrected chi connectivity index (χ0v) is 19.5. The molecule has 36 heavy (non-hydrogen) atoms. The fourth-order valence-electron chi connectivity index (χ4n) is 4.16. The standard InChI is InChI=1S/C27H25N5O4/c33-18-36-17-32-16-23(26(31-32)24-3-1-2-11-28-24)21-8-12-29-25(15-21)19-4-6-20(7-5-19)27(34)30-22-9-13-35-14-10-22/h1-8,11-12,15-16,18,22H,9-10,13-14,17H2,(H,30,34). The number of ether oxygens (including phenoxy) is 2. The molecule has 3 aromatic heterocycles. The van der Waals surface area contributed by atoms with Gasteiger partial charge in [-0.3, -0.25) is 19.6 Å². The number of aromatic nitrogens is 4. The molecule has 5 rings (SSSR count). The highest BCUT2D eigenvalue weighted by Crippen LogP contribution is 2.32. The average molecular weight is 484 g/mol. The highest BCUT2D eigenvalue weighted by molar-refractivity contribution is 5.95. The Morgan fingerprint density at radius 3 is 2.58 bits per heavy atom. The molecule has 0 bridgehead atoms. The second-order valence-corrected chi connectivity index (χ2v) is 8.41. The summed E-state index contributed by atoms with van der Waals surface area (Å²) in [4.78, 5) is 32.3. The van der Waals surface area contributed by atoms with Gasteiger partial charge in [-0.25, -0.2) is 4.68 Å². The van der Waals surface area contributed by atoms with Gasteiger partial charge in [-0.15, -0.1) is 0 Å². The van der Waals surface area contributed by atoms with Gasteiger partial charge >= 0.3 is 0 Å². The third-order valence-corrected chi connectivity index (χ3v) is 6.01. The van der Waals surface area contributed by atoms with E-state index in [0.29, 0.717) is 36.6 Å². The number of hydrogen-bond donors (Lipinski definition) is 1. The van der Waals surface area contributed by atoms with Crippen molar-refractivity contribution in [2.24, 2.45) is 0 Å². The molecule has 1 saturated heterocycles. The molecule has 0 unspecified atom stereocenters. The first kappa shape index (κ1) is 23.4. The van der Waals surface area contributed by atoms with Crippen LogP contribution in [0.5, 0.6) is 0 Å². The first-order valence-electron chi connectivity index (χ1n) is 11.7. The van der Waals surface area contributed by atoms with E-state index in [1.165, 1.54) is 0 Å². The smallest absolute Gasteiger partial charge is 0.294 e. The van der Waals surface area contributed by atoms with Crippen LogP contribution < -0.4 is 5.32 Å². The fourth-order valence-corrected chi connectivity index (χ4v) is 4.16. The number of nitrogens with zero attached hydrogens (tertiary/aromatic N) is 4. The lowest BCUT2D eigenvalue weighted by molar-refractivity contribution is -0.132. The van der Waals surface area contributed by atoms with Gasteiger partial charge in [0, 0.05) is 54.5 Å². The predicted octanol–water partition coefficient (Wildman–Crippen LogP) is 3.71. The van der Waals surface area contributed by atoms with Crippen LogP contribution in [0.15, 0.2) is 73.2 Å². The van der Waals surface area contributed by atoms with Crippen molar-refractivity contribution < 1.29 is 19.1 Å². The molecule has 0 spiro atoms. The van der Waals surface area contributed by atoms with Gasteiger partial charge in [-0.05, 0) is 54.8 Å². The number of amides is 1. The van der Waals surface area contributed by atoms with Gasteiger partial charge in [0.15, 0.2) is 6.73 Å². The van der Waals surface area contributed by atoms with Crippen molar-refractivity contribution in [3.05, 3.63) is 78.8 Å². The Balaban J connectivity index is 1.40. The number of rotatable bonds is 8. The Labute approximate surface area is 208 Å². The zero-order valence-electron chi connectivity index (χ0n) is 19.5. The third kappa shape index (κ3) is 5.31. The molecule has 1 aromatic carbocycles. The van der Waals surface area contributed by atoms with Gasteiger partial charge < -0.3 is 14.8 Å². The number of benzene rings is 1. The summed E-state index contributed by atoms with van der Waals surface area (Å²) in [6.07, 6.45) is 6.92. The Morgan fingerprint density at radius 1 is 1.03 bits per heavy atom. The molecule has 182 valence electrons. The molecule has 1 amide bonds. The van der Waals surface area contributed by atoms with Crippen molar-refractivity contribution in [1.29, 1.82) is 0 Å². The summed E-state index contributed by atoms with van der Waals surface area (Å²) in [5.41, 5.74) is 5.34. The van der Waals surface area contributed by atoms with Crippen LogP contribution in [-0.4, -0.2) is 51.4 Å². The van der Waals surface area contributed by atoms with Crippen LogP contribution in [-0.2, 0) is 21.0 Å². The molecule has 0 radical (unpaired) electrons. The monoisotopic (exact) mass is 483 g/mol. The van der Waals surface area contributed by atoms with E-state index in [9.17, 15) is 9.59 Å². The van der Waals surface area contributed by atoms with Crippen molar-refractivity contribution in [2.45, 2.75) is 25.6 Å². The molecule has 0 aliphatic carbocycles. The Hall–Kier alpha value is -4.37. The lowest BCUT2D eigenvalue weighted by Gasteiger charge is -2.23. The molecule has 0 saturated carbocycles. The SMILES string of the molecule is O=COCn1cc(-c2ccnc(-c3ccc(C(=O)NC4CCOCC4)cc3)c2)c(-c2ccccn2)n1. The van der Waals surface area contributed by atoms with E-state index < -0.39 is 0 Å². The predicted molar refractivity (Wildman–Crippen MR) is 133 cm³/mol. The maximum atomic E-state index is 12.6. The van der Waals surface area contributed by atoms with Crippen LogP contribution in [0.4, 0.5) is 0 Å². The number of pyridine rings is 2. The topological polar surface area (TPSA) is 108 Å². The molecule has 9 nitrogen and oxygen atoms in total. The summed E-state index contributed by atoms with van der Waals surface area (Å²) >= 11 is 0. The first-order chi connectivity index (χ1) is 17.7. The highest BCUT2D eigenvalue weighted by Gasteiger charge is 2.18.